The molecule has 0 aromatic heterocycles. The monoisotopic (exact) mass is 372 g/mol. The Hall–Kier alpha value is -1.81. The van der Waals surface area contributed by atoms with E-state index in [0.29, 0.717) is 16.9 Å². The maximum Gasteiger partial charge on any atom is 0.244 e. The minimum atomic E-state index is -0.103. The standard InChI is InChI=1S/C21H25ClN2O2/c22-18-7-2-1-4-13(18)8-11-20(25)23-14-9-10-16-15-5-3-6-17(15)21(26)24-19(16)12-14/h1-2,4,7-8,11,14-17,19H,3,5-6,9-10,12H2,(H,23,25)(H,24,26)/b11-8+. The molecule has 1 aromatic rings. The van der Waals surface area contributed by atoms with Crippen molar-refractivity contribution in [2.24, 2.45) is 17.8 Å². The highest BCUT2D eigenvalue weighted by atomic mass is 35.5. The van der Waals surface area contributed by atoms with Crippen molar-refractivity contribution < 1.29 is 9.59 Å². The third-order valence-corrected chi connectivity index (χ3v) is 6.70. The number of benzene rings is 1. The third kappa shape index (κ3) is 3.52. The number of carbonyl (C=O) groups is 2. The minimum Gasteiger partial charge on any atom is -0.353 e. The van der Waals surface area contributed by atoms with Crippen molar-refractivity contribution in [2.45, 2.75) is 50.6 Å². The normalized spacial score (nSPS) is 33.4. The van der Waals surface area contributed by atoms with Crippen LogP contribution >= 0.6 is 11.6 Å². The second-order valence-corrected chi connectivity index (χ2v) is 8.26. The van der Waals surface area contributed by atoms with Crippen LogP contribution in [0, 0.1) is 17.8 Å². The first-order valence-electron chi connectivity index (χ1n) is 9.65. The van der Waals surface area contributed by atoms with Crippen LogP contribution in [0.2, 0.25) is 5.02 Å². The predicted molar refractivity (Wildman–Crippen MR) is 103 cm³/mol. The summed E-state index contributed by atoms with van der Waals surface area (Å²) < 4.78 is 0. The number of halogens is 1. The Morgan fingerprint density at radius 3 is 2.85 bits per heavy atom. The van der Waals surface area contributed by atoms with Gasteiger partial charge in [0.1, 0.15) is 0 Å². The second kappa shape index (κ2) is 7.43. The molecule has 2 saturated carbocycles. The molecule has 5 unspecified atom stereocenters. The fourth-order valence-electron chi connectivity index (χ4n) is 5.15. The Morgan fingerprint density at radius 1 is 1.15 bits per heavy atom. The van der Waals surface area contributed by atoms with Crippen molar-refractivity contribution in [3.05, 3.63) is 40.9 Å². The molecule has 5 heteroatoms. The molecule has 138 valence electrons. The average molecular weight is 373 g/mol. The first-order valence-corrected chi connectivity index (χ1v) is 10.0. The van der Waals surface area contributed by atoms with E-state index in [1.807, 2.05) is 24.3 Å². The van der Waals surface area contributed by atoms with Crippen molar-refractivity contribution in [3.8, 4) is 0 Å². The van der Waals surface area contributed by atoms with Crippen LogP contribution in [0.25, 0.3) is 6.08 Å². The van der Waals surface area contributed by atoms with Crippen LogP contribution in [-0.4, -0.2) is 23.9 Å². The lowest BCUT2D eigenvalue weighted by atomic mass is 9.68. The number of piperidine rings is 1. The van der Waals surface area contributed by atoms with Crippen LogP contribution in [0.3, 0.4) is 0 Å². The summed E-state index contributed by atoms with van der Waals surface area (Å²) in [7, 11) is 0. The Labute approximate surface area is 159 Å². The SMILES string of the molecule is O=C(/C=C/c1ccccc1Cl)NC1CCC2C(C1)NC(=O)C1CCCC12. The number of nitrogens with one attached hydrogen (secondary N) is 2. The van der Waals surface area contributed by atoms with Crippen molar-refractivity contribution in [3.63, 3.8) is 0 Å². The van der Waals surface area contributed by atoms with Gasteiger partial charge in [-0.05, 0) is 61.6 Å². The maximum atomic E-state index is 12.3. The molecule has 2 amide bonds. The molecule has 4 rings (SSSR count). The molecule has 2 N–H and O–H groups in total. The van der Waals surface area contributed by atoms with Gasteiger partial charge >= 0.3 is 0 Å². The maximum absolute atomic E-state index is 12.3. The molecule has 0 bridgehead atoms. The number of rotatable bonds is 3. The van der Waals surface area contributed by atoms with Crippen LogP contribution in [0.4, 0.5) is 0 Å². The number of hydrogen-bond acceptors (Lipinski definition) is 2. The molecular formula is C21H25ClN2O2. The van der Waals surface area contributed by atoms with Crippen molar-refractivity contribution in [1.29, 1.82) is 0 Å². The highest BCUT2D eigenvalue weighted by Gasteiger charge is 2.47. The molecule has 2 aliphatic carbocycles. The highest BCUT2D eigenvalue weighted by Crippen LogP contribution is 2.45. The number of amides is 2. The summed E-state index contributed by atoms with van der Waals surface area (Å²) in [4.78, 5) is 24.6. The zero-order chi connectivity index (χ0) is 18.1. The third-order valence-electron chi connectivity index (χ3n) is 6.35. The van der Waals surface area contributed by atoms with Crippen LogP contribution in [0.1, 0.15) is 44.1 Å². The second-order valence-electron chi connectivity index (χ2n) is 7.85. The van der Waals surface area contributed by atoms with E-state index in [0.717, 1.165) is 31.2 Å². The smallest absolute Gasteiger partial charge is 0.244 e. The molecule has 26 heavy (non-hydrogen) atoms. The van der Waals surface area contributed by atoms with E-state index in [-0.39, 0.29) is 29.8 Å². The highest BCUT2D eigenvalue weighted by molar-refractivity contribution is 6.32. The molecule has 4 nitrogen and oxygen atoms in total. The zero-order valence-electron chi connectivity index (χ0n) is 14.8. The molecular weight excluding hydrogens is 348 g/mol. The Balaban J connectivity index is 1.35. The van der Waals surface area contributed by atoms with Gasteiger partial charge < -0.3 is 10.6 Å². The summed E-state index contributed by atoms with van der Waals surface area (Å²) in [6.07, 6.45) is 9.62. The van der Waals surface area contributed by atoms with Gasteiger partial charge in [0, 0.05) is 29.1 Å². The molecule has 1 aromatic carbocycles. The first-order chi connectivity index (χ1) is 12.6. The molecule has 1 saturated heterocycles. The van der Waals surface area contributed by atoms with E-state index >= 15 is 0 Å². The van der Waals surface area contributed by atoms with Gasteiger partial charge in [-0.2, -0.15) is 0 Å². The number of carbonyl (C=O) groups excluding carboxylic acids is 2. The van der Waals surface area contributed by atoms with E-state index in [1.54, 1.807) is 12.2 Å². The first kappa shape index (κ1) is 17.6. The van der Waals surface area contributed by atoms with Gasteiger partial charge in [0.25, 0.3) is 0 Å². The van der Waals surface area contributed by atoms with Crippen molar-refractivity contribution in [1.82, 2.24) is 10.6 Å². The van der Waals surface area contributed by atoms with Gasteiger partial charge in [-0.1, -0.05) is 36.2 Å². The lowest BCUT2D eigenvalue weighted by molar-refractivity contribution is -0.132. The average Bonchev–Trinajstić information content (AvgIpc) is 3.11. The van der Waals surface area contributed by atoms with Gasteiger partial charge in [-0.3, -0.25) is 9.59 Å². The quantitative estimate of drug-likeness (QED) is 0.797. The van der Waals surface area contributed by atoms with E-state index in [1.165, 1.54) is 12.8 Å². The predicted octanol–water partition coefficient (Wildman–Crippen LogP) is 3.55. The Bertz CT molecular complexity index is 732. The molecule has 5 atom stereocenters. The summed E-state index contributed by atoms with van der Waals surface area (Å²) >= 11 is 6.11. The van der Waals surface area contributed by atoms with E-state index in [2.05, 4.69) is 10.6 Å². The fourth-order valence-corrected chi connectivity index (χ4v) is 5.34. The lowest BCUT2D eigenvalue weighted by Gasteiger charge is -2.45. The van der Waals surface area contributed by atoms with Crippen LogP contribution in [-0.2, 0) is 9.59 Å². The van der Waals surface area contributed by atoms with Crippen LogP contribution < -0.4 is 10.6 Å². The Kier molecular flexibility index (Phi) is 5.03. The van der Waals surface area contributed by atoms with Gasteiger partial charge in [0.05, 0.1) is 0 Å². The van der Waals surface area contributed by atoms with Crippen LogP contribution in [0.5, 0.6) is 0 Å². The van der Waals surface area contributed by atoms with Gasteiger partial charge in [0.15, 0.2) is 0 Å². The number of hydrogen-bond donors (Lipinski definition) is 2. The number of fused-ring (bicyclic) bond motifs is 3. The van der Waals surface area contributed by atoms with Gasteiger partial charge in [-0.15, -0.1) is 0 Å². The molecule has 0 radical (unpaired) electrons. The largest absolute Gasteiger partial charge is 0.353 e. The summed E-state index contributed by atoms with van der Waals surface area (Å²) in [6, 6.07) is 7.79. The zero-order valence-corrected chi connectivity index (χ0v) is 15.5. The van der Waals surface area contributed by atoms with E-state index in [4.69, 9.17) is 11.6 Å². The molecule has 1 heterocycles. The topological polar surface area (TPSA) is 58.2 Å². The summed E-state index contributed by atoms with van der Waals surface area (Å²) in [5, 5.41) is 6.96. The van der Waals surface area contributed by atoms with E-state index in [9.17, 15) is 9.59 Å². The van der Waals surface area contributed by atoms with Crippen molar-refractivity contribution >= 4 is 29.5 Å². The summed E-state index contributed by atoms with van der Waals surface area (Å²) in [5.41, 5.74) is 0.833. The molecule has 1 aliphatic heterocycles. The Morgan fingerprint density at radius 2 is 2.00 bits per heavy atom. The lowest BCUT2D eigenvalue weighted by Crippen LogP contribution is -2.57. The van der Waals surface area contributed by atoms with Crippen molar-refractivity contribution in [2.75, 3.05) is 0 Å². The summed E-state index contributed by atoms with van der Waals surface area (Å²) in [5.74, 6) is 1.52. The molecule has 3 fully saturated rings. The van der Waals surface area contributed by atoms with Gasteiger partial charge in [-0.25, -0.2) is 0 Å². The van der Waals surface area contributed by atoms with Crippen LogP contribution in [0.15, 0.2) is 30.3 Å². The summed E-state index contributed by atoms with van der Waals surface area (Å²) in [6.45, 7) is 0. The fraction of sp³-hybridized carbons (Fsp3) is 0.524. The van der Waals surface area contributed by atoms with Gasteiger partial charge in [0.2, 0.25) is 11.8 Å². The van der Waals surface area contributed by atoms with E-state index < -0.39 is 0 Å². The molecule has 0 spiro atoms. The minimum absolute atomic E-state index is 0.103. The molecule has 3 aliphatic rings.